The molecule has 0 aliphatic carbocycles. The number of thioether (sulfide) groups is 1. The maximum atomic E-state index is 11.8. The van der Waals surface area contributed by atoms with Gasteiger partial charge in [-0.15, -0.1) is 10.2 Å². The van der Waals surface area contributed by atoms with Gasteiger partial charge in [-0.2, -0.15) is 0 Å². The predicted molar refractivity (Wildman–Crippen MR) is 97.1 cm³/mol. The topological polar surface area (TPSA) is 68.0 Å². The lowest BCUT2D eigenvalue weighted by Gasteiger charge is -2.18. The lowest BCUT2D eigenvalue weighted by atomic mass is 9.87. The number of amides is 1. The van der Waals surface area contributed by atoms with Gasteiger partial charge in [0.25, 0.3) is 5.22 Å². The maximum Gasteiger partial charge on any atom is 0.277 e. The molecule has 130 valence electrons. The minimum atomic E-state index is -0.0244. The highest BCUT2D eigenvalue weighted by Crippen LogP contribution is 2.27. The minimum absolute atomic E-state index is 0.0244. The van der Waals surface area contributed by atoms with E-state index in [1.54, 1.807) is 0 Å². The number of benzene rings is 1. The van der Waals surface area contributed by atoms with Crippen LogP contribution in [0.5, 0.6) is 0 Å². The molecule has 0 bridgehead atoms. The van der Waals surface area contributed by atoms with Crippen LogP contribution in [0.2, 0.25) is 0 Å². The normalized spacial score (nSPS) is 12.9. The summed E-state index contributed by atoms with van der Waals surface area (Å²) in [7, 11) is 0. The van der Waals surface area contributed by atoms with Gasteiger partial charge in [-0.3, -0.25) is 4.79 Å². The average Bonchev–Trinajstić information content (AvgIpc) is 3.01. The minimum Gasteiger partial charge on any atom is -0.411 e. The Hall–Kier alpha value is -1.82. The lowest BCUT2D eigenvalue weighted by Crippen LogP contribution is -2.33. The highest BCUT2D eigenvalue weighted by Gasteiger charge is 2.15. The molecule has 0 aliphatic rings. The van der Waals surface area contributed by atoms with Crippen molar-refractivity contribution in [2.24, 2.45) is 0 Å². The SMILES string of the molecule is CCC(C)NC(=O)CSc1nnc(-c2ccc(C(C)(C)C)cc2)o1. The molecule has 2 rings (SSSR count). The molecule has 1 N–H and O–H groups in total. The van der Waals surface area contributed by atoms with Crippen LogP contribution in [0.1, 0.15) is 46.6 Å². The molecule has 1 aromatic carbocycles. The molecule has 6 heteroatoms. The molecule has 0 fully saturated rings. The fourth-order valence-corrected chi connectivity index (χ4v) is 2.62. The average molecular weight is 347 g/mol. The Kier molecular flexibility index (Phi) is 6.04. The van der Waals surface area contributed by atoms with Crippen molar-refractivity contribution in [3.05, 3.63) is 29.8 Å². The van der Waals surface area contributed by atoms with E-state index in [0.717, 1.165) is 12.0 Å². The fourth-order valence-electron chi connectivity index (χ4n) is 2.04. The van der Waals surface area contributed by atoms with E-state index < -0.39 is 0 Å². The van der Waals surface area contributed by atoms with E-state index in [1.807, 2.05) is 26.0 Å². The number of rotatable bonds is 6. The van der Waals surface area contributed by atoms with Crippen LogP contribution in [-0.4, -0.2) is 27.9 Å². The van der Waals surface area contributed by atoms with Gasteiger partial charge in [0, 0.05) is 11.6 Å². The van der Waals surface area contributed by atoms with Gasteiger partial charge in [0.2, 0.25) is 11.8 Å². The summed E-state index contributed by atoms with van der Waals surface area (Å²) in [6, 6.07) is 8.30. The van der Waals surface area contributed by atoms with Crippen LogP contribution in [0.3, 0.4) is 0 Å². The molecule has 0 radical (unpaired) electrons. The van der Waals surface area contributed by atoms with Gasteiger partial charge in [0.1, 0.15) is 0 Å². The quantitative estimate of drug-likeness (QED) is 0.799. The summed E-state index contributed by atoms with van der Waals surface area (Å²) in [5.41, 5.74) is 2.24. The summed E-state index contributed by atoms with van der Waals surface area (Å²) in [5, 5.41) is 11.4. The van der Waals surface area contributed by atoms with E-state index in [0.29, 0.717) is 11.1 Å². The molecular weight excluding hydrogens is 322 g/mol. The molecular formula is C18H25N3O2S. The first-order chi connectivity index (χ1) is 11.3. The van der Waals surface area contributed by atoms with Gasteiger partial charge >= 0.3 is 0 Å². The van der Waals surface area contributed by atoms with Crippen LogP contribution < -0.4 is 5.32 Å². The van der Waals surface area contributed by atoms with Crippen LogP contribution in [0, 0.1) is 0 Å². The van der Waals surface area contributed by atoms with E-state index >= 15 is 0 Å². The molecule has 1 unspecified atom stereocenters. The third-order valence-electron chi connectivity index (χ3n) is 3.75. The van der Waals surface area contributed by atoms with Crippen LogP contribution in [0.25, 0.3) is 11.5 Å². The smallest absolute Gasteiger partial charge is 0.277 e. The zero-order valence-electron chi connectivity index (χ0n) is 14.9. The van der Waals surface area contributed by atoms with Gasteiger partial charge in [0.05, 0.1) is 5.75 Å². The molecule has 2 aromatic rings. The van der Waals surface area contributed by atoms with Gasteiger partial charge in [0.15, 0.2) is 0 Å². The number of hydrogen-bond donors (Lipinski definition) is 1. The first-order valence-electron chi connectivity index (χ1n) is 8.16. The Morgan fingerprint density at radius 3 is 2.50 bits per heavy atom. The number of carbonyl (C=O) groups excluding carboxylic acids is 1. The molecule has 0 saturated heterocycles. The Balaban J connectivity index is 1.97. The van der Waals surface area contributed by atoms with Crippen molar-refractivity contribution in [1.82, 2.24) is 15.5 Å². The number of aromatic nitrogens is 2. The van der Waals surface area contributed by atoms with Crippen molar-refractivity contribution >= 4 is 17.7 Å². The van der Waals surface area contributed by atoms with Crippen molar-refractivity contribution in [2.45, 2.75) is 57.7 Å². The molecule has 0 saturated carbocycles. The van der Waals surface area contributed by atoms with Crippen LogP contribution >= 0.6 is 11.8 Å². The third-order valence-corrected chi connectivity index (χ3v) is 4.57. The second-order valence-corrected chi connectivity index (χ2v) is 7.79. The molecule has 1 aromatic heterocycles. The Morgan fingerprint density at radius 2 is 1.92 bits per heavy atom. The van der Waals surface area contributed by atoms with Crippen molar-refractivity contribution < 1.29 is 9.21 Å². The van der Waals surface area contributed by atoms with Gasteiger partial charge in [-0.05, 0) is 36.5 Å². The summed E-state index contributed by atoms with van der Waals surface area (Å²) in [5.74, 6) is 0.721. The zero-order valence-corrected chi connectivity index (χ0v) is 15.7. The molecule has 1 amide bonds. The monoisotopic (exact) mass is 347 g/mol. The summed E-state index contributed by atoms with van der Waals surface area (Å²) >= 11 is 1.25. The number of nitrogens with zero attached hydrogens (tertiary/aromatic N) is 2. The van der Waals surface area contributed by atoms with E-state index in [4.69, 9.17) is 4.42 Å². The standard InChI is InChI=1S/C18H25N3O2S/c1-6-12(2)19-15(22)11-24-17-21-20-16(23-17)13-7-9-14(10-8-13)18(3,4)5/h7-10,12H,6,11H2,1-5H3,(H,19,22). The summed E-state index contributed by atoms with van der Waals surface area (Å²) < 4.78 is 5.64. The van der Waals surface area contributed by atoms with Crippen molar-refractivity contribution in [3.8, 4) is 11.5 Å². The second-order valence-electron chi connectivity index (χ2n) is 6.87. The van der Waals surface area contributed by atoms with Gasteiger partial charge in [-0.25, -0.2) is 0 Å². The maximum absolute atomic E-state index is 11.8. The van der Waals surface area contributed by atoms with Crippen LogP contribution in [0.4, 0.5) is 0 Å². The third kappa shape index (κ3) is 5.09. The summed E-state index contributed by atoms with van der Waals surface area (Å²) in [6.45, 7) is 10.5. The van der Waals surface area contributed by atoms with Gasteiger partial charge in [-0.1, -0.05) is 51.6 Å². The first kappa shape index (κ1) is 18.5. The molecule has 1 heterocycles. The molecule has 24 heavy (non-hydrogen) atoms. The Morgan fingerprint density at radius 1 is 1.25 bits per heavy atom. The highest BCUT2D eigenvalue weighted by molar-refractivity contribution is 7.99. The predicted octanol–water partition coefficient (Wildman–Crippen LogP) is 4.04. The Labute approximate surface area is 147 Å². The second kappa shape index (κ2) is 7.83. The molecule has 1 atom stereocenters. The Bertz CT molecular complexity index is 674. The zero-order chi connectivity index (χ0) is 17.7. The largest absolute Gasteiger partial charge is 0.411 e. The van der Waals surface area contributed by atoms with Crippen molar-refractivity contribution in [2.75, 3.05) is 5.75 Å². The number of carbonyl (C=O) groups is 1. The lowest BCUT2D eigenvalue weighted by molar-refractivity contribution is -0.119. The molecule has 5 nitrogen and oxygen atoms in total. The van der Waals surface area contributed by atoms with E-state index in [-0.39, 0.29) is 23.1 Å². The van der Waals surface area contributed by atoms with Crippen LogP contribution in [-0.2, 0) is 10.2 Å². The van der Waals surface area contributed by atoms with Crippen molar-refractivity contribution in [1.29, 1.82) is 0 Å². The summed E-state index contributed by atoms with van der Waals surface area (Å²) in [6.07, 6.45) is 0.908. The fraction of sp³-hybridized carbons (Fsp3) is 0.500. The number of nitrogens with one attached hydrogen (secondary N) is 1. The van der Waals surface area contributed by atoms with E-state index in [2.05, 4.69) is 48.4 Å². The van der Waals surface area contributed by atoms with Crippen LogP contribution in [0.15, 0.2) is 33.9 Å². The van der Waals surface area contributed by atoms with Crippen molar-refractivity contribution in [3.63, 3.8) is 0 Å². The molecule has 0 aliphatic heterocycles. The highest BCUT2D eigenvalue weighted by atomic mass is 32.2. The first-order valence-corrected chi connectivity index (χ1v) is 9.14. The molecule has 0 spiro atoms. The van der Waals surface area contributed by atoms with Gasteiger partial charge < -0.3 is 9.73 Å². The van der Waals surface area contributed by atoms with E-state index in [1.165, 1.54) is 17.3 Å². The summed E-state index contributed by atoms with van der Waals surface area (Å²) in [4.78, 5) is 11.8. The van der Waals surface area contributed by atoms with E-state index in [9.17, 15) is 4.79 Å². The number of hydrogen-bond acceptors (Lipinski definition) is 5.